The van der Waals surface area contributed by atoms with E-state index in [2.05, 4.69) is 4.74 Å². The van der Waals surface area contributed by atoms with Gasteiger partial charge in [0.2, 0.25) is 0 Å². The zero-order chi connectivity index (χ0) is 32.5. The van der Waals surface area contributed by atoms with Gasteiger partial charge in [-0.25, -0.2) is 30.7 Å². The number of alkyl halides is 2. The van der Waals surface area contributed by atoms with Gasteiger partial charge in [-0.1, -0.05) is 31.2 Å². The minimum atomic E-state index is -4.58. The van der Waals surface area contributed by atoms with Crippen LogP contribution in [0.5, 0.6) is 5.75 Å². The normalized spacial score (nSPS) is 17.2. The molecule has 45 heavy (non-hydrogen) atoms. The third-order valence-electron chi connectivity index (χ3n) is 6.96. The smallest absolute Gasteiger partial charge is 0.429 e. The summed E-state index contributed by atoms with van der Waals surface area (Å²) in [6.07, 6.45) is -1.17. The van der Waals surface area contributed by atoms with Crippen LogP contribution in [0.4, 0.5) is 39.5 Å². The Bertz CT molecular complexity index is 1700. The molecule has 4 aromatic rings. The molecule has 0 atom stereocenters. The van der Waals surface area contributed by atoms with Gasteiger partial charge in [0.1, 0.15) is 34.6 Å². The highest BCUT2D eigenvalue weighted by Gasteiger charge is 2.42. The standard InChI is InChI=1S/C33H23F9O3/c1-2-3-4-17-15-43-32(44-16-17)20-12-26(36)30(27(37)13-20)33(41,42)45-21-6-8-22(25(35)14-21)18-5-7-23(24(34)9-18)19-10-28(38)31(40)29(39)11-19/h3-14,17,32H,2,15-16H2,1H3. The van der Waals surface area contributed by atoms with Crippen molar-refractivity contribution in [2.45, 2.75) is 25.7 Å². The van der Waals surface area contributed by atoms with Gasteiger partial charge in [0.05, 0.1) is 13.2 Å². The Balaban J connectivity index is 1.33. The van der Waals surface area contributed by atoms with Crippen molar-refractivity contribution in [2.75, 3.05) is 13.2 Å². The third-order valence-corrected chi connectivity index (χ3v) is 6.96. The molecule has 0 aliphatic carbocycles. The Labute approximate surface area is 251 Å². The second kappa shape index (κ2) is 13.0. The van der Waals surface area contributed by atoms with Crippen LogP contribution < -0.4 is 4.74 Å². The van der Waals surface area contributed by atoms with Crippen LogP contribution in [0.25, 0.3) is 22.3 Å². The maximum absolute atomic E-state index is 15.0. The lowest BCUT2D eigenvalue weighted by Gasteiger charge is -2.28. The van der Waals surface area contributed by atoms with Crippen LogP contribution in [0.3, 0.4) is 0 Å². The molecular formula is C33H23F9O3. The van der Waals surface area contributed by atoms with Crippen molar-refractivity contribution in [1.82, 2.24) is 0 Å². The highest BCUT2D eigenvalue weighted by atomic mass is 19.3. The number of rotatable bonds is 8. The van der Waals surface area contributed by atoms with E-state index in [1.807, 2.05) is 19.1 Å². The fourth-order valence-electron chi connectivity index (χ4n) is 4.78. The number of allylic oxidation sites excluding steroid dienone is 1. The molecule has 0 unspecified atom stereocenters. The summed E-state index contributed by atoms with van der Waals surface area (Å²) >= 11 is 0. The predicted octanol–water partition coefficient (Wildman–Crippen LogP) is 9.75. The molecule has 0 aromatic heterocycles. The molecule has 1 fully saturated rings. The van der Waals surface area contributed by atoms with Crippen LogP contribution >= 0.6 is 0 Å². The van der Waals surface area contributed by atoms with E-state index in [4.69, 9.17) is 9.47 Å². The maximum Gasteiger partial charge on any atom is 0.432 e. The molecule has 0 N–H and O–H groups in total. The van der Waals surface area contributed by atoms with Gasteiger partial charge in [-0.2, -0.15) is 8.78 Å². The van der Waals surface area contributed by atoms with Gasteiger partial charge < -0.3 is 14.2 Å². The van der Waals surface area contributed by atoms with Crippen LogP contribution in [-0.2, 0) is 15.6 Å². The quantitative estimate of drug-likeness (QED) is 0.109. The van der Waals surface area contributed by atoms with E-state index in [1.165, 1.54) is 6.07 Å². The molecule has 0 saturated carbocycles. The average Bonchev–Trinajstić information content (AvgIpc) is 2.98. The first-order valence-corrected chi connectivity index (χ1v) is 13.6. The number of hydrogen-bond acceptors (Lipinski definition) is 3. The van der Waals surface area contributed by atoms with Crippen molar-refractivity contribution >= 4 is 0 Å². The second-order valence-electron chi connectivity index (χ2n) is 10.2. The third kappa shape index (κ3) is 6.86. The van der Waals surface area contributed by atoms with Crippen LogP contribution in [0.15, 0.2) is 72.8 Å². The fraction of sp³-hybridized carbons (Fsp3) is 0.212. The first kappa shape index (κ1) is 32.1. The van der Waals surface area contributed by atoms with Crippen molar-refractivity contribution in [3.05, 3.63) is 125 Å². The van der Waals surface area contributed by atoms with E-state index in [9.17, 15) is 39.5 Å². The van der Waals surface area contributed by atoms with E-state index in [1.54, 1.807) is 0 Å². The molecule has 3 nitrogen and oxygen atoms in total. The first-order valence-electron chi connectivity index (χ1n) is 13.6. The molecule has 0 amide bonds. The lowest BCUT2D eigenvalue weighted by atomic mass is 9.99. The number of benzene rings is 4. The molecule has 12 heteroatoms. The van der Waals surface area contributed by atoms with Gasteiger partial charge in [0, 0.05) is 28.7 Å². The molecule has 4 aromatic carbocycles. The number of hydrogen-bond donors (Lipinski definition) is 0. The second-order valence-corrected chi connectivity index (χ2v) is 10.2. The monoisotopic (exact) mass is 638 g/mol. The summed E-state index contributed by atoms with van der Waals surface area (Å²) in [6, 6.07) is 7.85. The first-order chi connectivity index (χ1) is 21.4. The van der Waals surface area contributed by atoms with Gasteiger partial charge in [0.25, 0.3) is 0 Å². The van der Waals surface area contributed by atoms with E-state index in [0.29, 0.717) is 30.3 Å². The Morgan fingerprint density at radius 3 is 1.84 bits per heavy atom. The van der Waals surface area contributed by atoms with Crippen LogP contribution in [-0.4, -0.2) is 13.2 Å². The van der Waals surface area contributed by atoms with Crippen molar-refractivity contribution in [1.29, 1.82) is 0 Å². The van der Waals surface area contributed by atoms with Crippen molar-refractivity contribution in [3.8, 4) is 28.0 Å². The molecule has 1 aliphatic rings. The fourth-order valence-corrected chi connectivity index (χ4v) is 4.78. The molecule has 1 heterocycles. The largest absolute Gasteiger partial charge is 0.432 e. The summed E-state index contributed by atoms with van der Waals surface area (Å²) in [4.78, 5) is 0. The topological polar surface area (TPSA) is 27.7 Å². The highest BCUT2D eigenvalue weighted by molar-refractivity contribution is 5.72. The minimum absolute atomic E-state index is 0.0728. The van der Waals surface area contributed by atoms with E-state index in [0.717, 1.165) is 30.7 Å². The molecule has 236 valence electrons. The van der Waals surface area contributed by atoms with E-state index < -0.39 is 64.4 Å². The Hall–Kier alpha value is -4.29. The lowest BCUT2D eigenvalue weighted by Crippen LogP contribution is -2.28. The number of ether oxygens (including phenoxy) is 3. The zero-order valence-corrected chi connectivity index (χ0v) is 23.3. The molecule has 0 bridgehead atoms. The van der Waals surface area contributed by atoms with Crippen LogP contribution in [0, 0.1) is 46.6 Å². The van der Waals surface area contributed by atoms with E-state index in [-0.39, 0.29) is 46.9 Å². The van der Waals surface area contributed by atoms with Crippen molar-refractivity contribution in [2.24, 2.45) is 5.92 Å². The molecule has 0 spiro atoms. The minimum Gasteiger partial charge on any atom is -0.429 e. The molecular weight excluding hydrogens is 615 g/mol. The van der Waals surface area contributed by atoms with Gasteiger partial charge in [-0.3, -0.25) is 0 Å². The van der Waals surface area contributed by atoms with Crippen molar-refractivity contribution in [3.63, 3.8) is 0 Å². The molecule has 1 aliphatic heterocycles. The van der Waals surface area contributed by atoms with Crippen molar-refractivity contribution < 1.29 is 53.7 Å². The van der Waals surface area contributed by atoms with Gasteiger partial charge >= 0.3 is 6.11 Å². The van der Waals surface area contributed by atoms with Gasteiger partial charge in [0.15, 0.2) is 23.7 Å². The Morgan fingerprint density at radius 2 is 1.27 bits per heavy atom. The zero-order valence-electron chi connectivity index (χ0n) is 23.3. The van der Waals surface area contributed by atoms with E-state index >= 15 is 0 Å². The maximum atomic E-state index is 15.0. The van der Waals surface area contributed by atoms with Crippen LogP contribution in [0.2, 0.25) is 0 Å². The summed E-state index contributed by atoms with van der Waals surface area (Å²) in [5.74, 6) is -11.2. The summed E-state index contributed by atoms with van der Waals surface area (Å²) < 4.78 is 145. The SMILES string of the molecule is CCC=CC1COC(c2cc(F)c(C(F)(F)Oc3ccc(-c4ccc(-c5cc(F)c(F)c(F)c5)c(F)c4)c(F)c3)c(F)c2)OC1. The summed E-state index contributed by atoms with van der Waals surface area (Å²) in [5, 5.41) is 0. The summed E-state index contributed by atoms with van der Waals surface area (Å²) in [7, 11) is 0. The van der Waals surface area contributed by atoms with Gasteiger partial charge in [-0.15, -0.1) is 0 Å². The summed E-state index contributed by atoms with van der Waals surface area (Å²) in [5.41, 5.74) is -2.90. The highest BCUT2D eigenvalue weighted by Crippen LogP contribution is 2.39. The number of halogens is 9. The Morgan fingerprint density at radius 1 is 0.711 bits per heavy atom. The molecule has 0 radical (unpaired) electrons. The molecule has 5 rings (SSSR count). The van der Waals surface area contributed by atoms with Gasteiger partial charge in [-0.05, 0) is 60.0 Å². The summed E-state index contributed by atoms with van der Waals surface area (Å²) in [6.45, 7) is 2.33. The molecule has 1 saturated heterocycles. The average molecular weight is 639 g/mol. The Kier molecular flexibility index (Phi) is 9.26. The lowest BCUT2D eigenvalue weighted by molar-refractivity contribution is -0.198. The van der Waals surface area contributed by atoms with Crippen LogP contribution in [0.1, 0.15) is 30.8 Å². The predicted molar refractivity (Wildman–Crippen MR) is 146 cm³/mol.